The Bertz CT molecular complexity index is 324. The summed E-state index contributed by atoms with van der Waals surface area (Å²) >= 11 is 0. The van der Waals surface area contributed by atoms with Gasteiger partial charge in [-0.3, -0.25) is 4.79 Å². The molecule has 0 aromatic heterocycles. The van der Waals surface area contributed by atoms with E-state index in [4.69, 9.17) is 11.5 Å². The Hall–Kier alpha value is -1.35. The second-order valence-electron chi connectivity index (χ2n) is 4.43. The zero-order valence-electron chi connectivity index (χ0n) is 10.3. The molecule has 0 saturated heterocycles. The third-order valence-corrected chi connectivity index (χ3v) is 2.98. The number of unbranched alkanes of at least 4 members (excludes halogenated alkanes) is 2. The molecule has 3 nitrogen and oxygen atoms in total. The van der Waals surface area contributed by atoms with Crippen molar-refractivity contribution in [1.82, 2.24) is 0 Å². The van der Waals surface area contributed by atoms with E-state index in [0.29, 0.717) is 0 Å². The van der Waals surface area contributed by atoms with Gasteiger partial charge in [0.2, 0.25) is 5.91 Å². The number of hydrogen-bond acceptors (Lipinski definition) is 2. The molecule has 3 heteroatoms. The van der Waals surface area contributed by atoms with Gasteiger partial charge in [0.15, 0.2) is 0 Å². The summed E-state index contributed by atoms with van der Waals surface area (Å²) in [4.78, 5) is 11.4. The Morgan fingerprint density at radius 1 is 1.12 bits per heavy atom. The first-order chi connectivity index (χ1) is 8.24. The van der Waals surface area contributed by atoms with Gasteiger partial charge in [-0.1, -0.05) is 43.2 Å². The molecule has 0 aliphatic carbocycles. The maximum absolute atomic E-state index is 11.4. The van der Waals surface area contributed by atoms with Gasteiger partial charge < -0.3 is 11.5 Å². The molecule has 1 aromatic rings. The van der Waals surface area contributed by atoms with Crippen LogP contribution in [0.5, 0.6) is 0 Å². The van der Waals surface area contributed by atoms with Crippen molar-refractivity contribution >= 4 is 5.91 Å². The highest BCUT2D eigenvalue weighted by atomic mass is 16.1. The molecule has 0 unspecified atom stereocenters. The van der Waals surface area contributed by atoms with Crippen LogP contribution in [0.3, 0.4) is 0 Å². The van der Waals surface area contributed by atoms with Gasteiger partial charge in [0.25, 0.3) is 0 Å². The first-order valence-corrected chi connectivity index (χ1v) is 6.27. The van der Waals surface area contributed by atoms with Crippen molar-refractivity contribution < 1.29 is 4.79 Å². The molecule has 0 heterocycles. The molecule has 0 spiro atoms. The Balaban J connectivity index is 2.41. The average molecular weight is 234 g/mol. The number of amides is 1. The van der Waals surface area contributed by atoms with Crippen molar-refractivity contribution in [3.05, 3.63) is 35.9 Å². The van der Waals surface area contributed by atoms with E-state index in [1.165, 1.54) is 5.56 Å². The van der Waals surface area contributed by atoms with Crippen LogP contribution in [-0.2, 0) is 11.2 Å². The summed E-state index contributed by atoms with van der Waals surface area (Å²) in [5.41, 5.74) is 12.0. The SMILES string of the molecule is NCCCCC[C@H](Cc1ccccc1)C(N)=O. The highest BCUT2D eigenvalue weighted by Gasteiger charge is 2.15. The lowest BCUT2D eigenvalue weighted by molar-refractivity contribution is -0.122. The fraction of sp³-hybridized carbons (Fsp3) is 0.500. The molecule has 4 N–H and O–H groups in total. The molecule has 1 atom stereocenters. The Kier molecular flexibility index (Phi) is 6.33. The topological polar surface area (TPSA) is 69.1 Å². The molecule has 0 aliphatic heterocycles. The number of carbonyl (C=O) groups is 1. The first-order valence-electron chi connectivity index (χ1n) is 6.27. The number of benzene rings is 1. The molecule has 0 bridgehead atoms. The molecule has 1 amide bonds. The fourth-order valence-corrected chi connectivity index (χ4v) is 1.96. The minimum atomic E-state index is -0.193. The van der Waals surface area contributed by atoms with Crippen molar-refractivity contribution in [3.63, 3.8) is 0 Å². The van der Waals surface area contributed by atoms with E-state index in [2.05, 4.69) is 0 Å². The first kappa shape index (κ1) is 13.7. The molecular formula is C14H22N2O. The van der Waals surface area contributed by atoms with Gasteiger partial charge in [-0.2, -0.15) is 0 Å². The lowest BCUT2D eigenvalue weighted by atomic mass is 9.93. The summed E-state index contributed by atoms with van der Waals surface area (Å²) in [5.74, 6) is -0.239. The van der Waals surface area contributed by atoms with Crippen molar-refractivity contribution in [2.75, 3.05) is 6.54 Å². The third kappa shape index (κ3) is 5.50. The van der Waals surface area contributed by atoms with Crippen LogP contribution in [0.1, 0.15) is 31.2 Å². The van der Waals surface area contributed by atoms with Gasteiger partial charge in [-0.15, -0.1) is 0 Å². The summed E-state index contributed by atoms with van der Waals surface area (Å²) in [5, 5.41) is 0. The summed E-state index contributed by atoms with van der Waals surface area (Å²) in [6.07, 6.45) is 4.74. The molecule has 0 saturated carbocycles. The molecule has 0 radical (unpaired) electrons. The van der Waals surface area contributed by atoms with Crippen LogP contribution in [0.2, 0.25) is 0 Å². The second-order valence-corrected chi connectivity index (χ2v) is 4.43. The van der Waals surface area contributed by atoms with Crippen LogP contribution in [0, 0.1) is 5.92 Å². The number of nitrogens with two attached hydrogens (primary N) is 2. The molecule has 1 aromatic carbocycles. The summed E-state index contributed by atoms with van der Waals surface area (Å²) in [6.45, 7) is 0.722. The fourth-order valence-electron chi connectivity index (χ4n) is 1.96. The van der Waals surface area contributed by atoms with E-state index in [1.54, 1.807) is 0 Å². The van der Waals surface area contributed by atoms with Gasteiger partial charge in [0, 0.05) is 5.92 Å². The van der Waals surface area contributed by atoms with Gasteiger partial charge in [-0.25, -0.2) is 0 Å². The Morgan fingerprint density at radius 3 is 2.41 bits per heavy atom. The van der Waals surface area contributed by atoms with Crippen LogP contribution in [-0.4, -0.2) is 12.5 Å². The van der Waals surface area contributed by atoms with E-state index in [-0.39, 0.29) is 11.8 Å². The quantitative estimate of drug-likeness (QED) is 0.674. The van der Waals surface area contributed by atoms with Gasteiger partial charge in [-0.05, 0) is 31.4 Å². The number of hydrogen-bond donors (Lipinski definition) is 2. The lowest BCUT2D eigenvalue weighted by Gasteiger charge is -2.13. The third-order valence-electron chi connectivity index (χ3n) is 2.98. The normalized spacial score (nSPS) is 12.3. The number of carbonyl (C=O) groups excluding carboxylic acids is 1. The average Bonchev–Trinajstić information content (AvgIpc) is 2.34. The minimum absolute atomic E-state index is 0.0461. The van der Waals surface area contributed by atoms with Crippen molar-refractivity contribution in [1.29, 1.82) is 0 Å². The van der Waals surface area contributed by atoms with Crippen molar-refractivity contribution in [2.24, 2.45) is 17.4 Å². The van der Waals surface area contributed by atoms with E-state index in [0.717, 1.165) is 38.6 Å². The van der Waals surface area contributed by atoms with Crippen LogP contribution in [0.25, 0.3) is 0 Å². The van der Waals surface area contributed by atoms with Crippen LogP contribution in [0.4, 0.5) is 0 Å². The monoisotopic (exact) mass is 234 g/mol. The number of rotatable bonds is 8. The zero-order valence-corrected chi connectivity index (χ0v) is 10.3. The smallest absolute Gasteiger partial charge is 0.220 e. The minimum Gasteiger partial charge on any atom is -0.369 e. The molecule has 0 aliphatic rings. The standard InChI is InChI=1S/C14H22N2O/c15-10-6-2-5-9-13(14(16)17)11-12-7-3-1-4-8-12/h1,3-4,7-8,13H,2,5-6,9-11,15H2,(H2,16,17)/t13-/m1/s1. The predicted molar refractivity (Wildman–Crippen MR) is 70.4 cm³/mol. The summed E-state index contributed by atoms with van der Waals surface area (Å²) in [7, 11) is 0. The van der Waals surface area contributed by atoms with Gasteiger partial charge in [0.05, 0.1) is 0 Å². The van der Waals surface area contributed by atoms with Crippen molar-refractivity contribution in [2.45, 2.75) is 32.1 Å². The predicted octanol–water partition coefficient (Wildman–Crippen LogP) is 1.85. The summed E-state index contributed by atoms with van der Waals surface area (Å²) < 4.78 is 0. The second kappa shape index (κ2) is 7.85. The summed E-state index contributed by atoms with van der Waals surface area (Å²) in [6, 6.07) is 10.0. The molecule has 94 valence electrons. The highest BCUT2D eigenvalue weighted by molar-refractivity contribution is 5.76. The maximum Gasteiger partial charge on any atom is 0.220 e. The number of primary amides is 1. The largest absolute Gasteiger partial charge is 0.369 e. The molecule has 17 heavy (non-hydrogen) atoms. The molecule has 0 fully saturated rings. The van der Waals surface area contributed by atoms with E-state index < -0.39 is 0 Å². The lowest BCUT2D eigenvalue weighted by Crippen LogP contribution is -2.25. The van der Waals surface area contributed by atoms with Gasteiger partial charge >= 0.3 is 0 Å². The van der Waals surface area contributed by atoms with Gasteiger partial charge in [0.1, 0.15) is 0 Å². The van der Waals surface area contributed by atoms with Crippen molar-refractivity contribution in [3.8, 4) is 0 Å². The van der Waals surface area contributed by atoms with Crippen LogP contribution < -0.4 is 11.5 Å². The van der Waals surface area contributed by atoms with Crippen LogP contribution in [0.15, 0.2) is 30.3 Å². The van der Waals surface area contributed by atoms with E-state index >= 15 is 0 Å². The Morgan fingerprint density at radius 2 is 1.82 bits per heavy atom. The van der Waals surface area contributed by atoms with E-state index in [1.807, 2.05) is 30.3 Å². The Labute approximate surface area is 103 Å². The highest BCUT2D eigenvalue weighted by Crippen LogP contribution is 2.15. The van der Waals surface area contributed by atoms with E-state index in [9.17, 15) is 4.79 Å². The molecule has 1 rings (SSSR count). The maximum atomic E-state index is 11.4. The molecular weight excluding hydrogens is 212 g/mol. The zero-order chi connectivity index (χ0) is 12.5. The van der Waals surface area contributed by atoms with Crippen LogP contribution >= 0.6 is 0 Å².